The zero-order chi connectivity index (χ0) is 11.2. The lowest BCUT2D eigenvalue weighted by Gasteiger charge is -2.46. The monoisotopic (exact) mass is 212 g/mol. The van der Waals surface area contributed by atoms with Gasteiger partial charge < -0.3 is 10.8 Å². The molecule has 3 atom stereocenters. The Morgan fingerprint density at radius 3 is 2.27 bits per heavy atom. The number of nitrogens with zero attached hydrogens (tertiary/aromatic N) is 1. The maximum absolute atomic E-state index is 10.1. The van der Waals surface area contributed by atoms with Gasteiger partial charge in [0, 0.05) is 30.6 Å². The summed E-state index contributed by atoms with van der Waals surface area (Å²) in [4.78, 5) is 2.42. The molecular weight excluding hydrogens is 188 g/mol. The van der Waals surface area contributed by atoms with Crippen molar-refractivity contribution in [2.75, 3.05) is 13.1 Å². The SMILES string of the molecule is CC(C)(C)N1CC(N)C(O)C(C2CC2)C1. The molecule has 0 aromatic carbocycles. The molecule has 0 aromatic rings. The van der Waals surface area contributed by atoms with Crippen molar-refractivity contribution in [3.05, 3.63) is 0 Å². The molecule has 1 aliphatic carbocycles. The molecule has 2 rings (SSSR count). The Kier molecular flexibility index (Phi) is 2.82. The minimum absolute atomic E-state index is 0.0661. The second kappa shape index (κ2) is 3.72. The quantitative estimate of drug-likeness (QED) is 0.676. The lowest BCUT2D eigenvalue weighted by molar-refractivity contribution is -0.0303. The highest BCUT2D eigenvalue weighted by Crippen LogP contribution is 2.41. The molecule has 0 aromatic heterocycles. The lowest BCUT2D eigenvalue weighted by atomic mass is 9.85. The third-order valence-electron chi connectivity index (χ3n) is 3.92. The first-order valence-electron chi connectivity index (χ1n) is 6.08. The number of likely N-dealkylation sites (tertiary alicyclic amines) is 1. The van der Waals surface area contributed by atoms with E-state index in [1.165, 1.54) is 12.8 Å². The summed E-state index contributed by atoms with van der Waals surface area (Å²) >= 11 is 0. The van der Waals surface area contributed by atoms with E-state index in [9.17, 15) is 5.11 Å². The van der Waals surface area contributed by atoms with Crippen LogP contribution in [0.25, 0.3) is 0 Å². The molecule has 88 valence electrons. The van der Waals surface area contributed by atoms with Crippen LogP contribution < -0.4 is 5.73 Å². The molecule has 0 spiro atoms. The largest absolute Gasteiger partial charge is 0.391 e. The average molecular weight is 212 g/mol. The standard InChI is InChI=1S/C12H24N2O/c1-12(2,3)14-6-9(8-4-5-8)11(15)10(13)7-14/h8-11,15H,4-7,13H2,1-3H3. The Bertz CT molecular complexity index is 232. The molecule has 3 nitrogen and oxygen atoms in total. The maximum Gasteiger partial charge on any atom is 0.0746 e. The van der Waals surface area contributed by atoms with Gasteiger partial charge in [0.15, 0.2) is 0 Å². The Morgan fingerprint density at radius 1 is 1.20 bits per heavy atom. The van der Waals surface area contributed by atoms with Crippen molar-refractivity contribution in [1.82, 2.24) is 4.90 Å². The Morgan fingerprint density at radius 2 is 1.80 bits per heavy atom. The molecular formula is C12H24N2O. The molecule has 1 saturated carbocycles. The number of hydrogen-bond donors (Lipinski definition) is 2. The summed E-state index contributed by atoms with van der Waals surface area (Å²) in [5.41, 5.74) is 6.20. The summed E-state index contributed by atoms with van der Waals surface area (Å²) in [6.45, 7) is 8.51. The van der Waals surface area contributed by atoms with Crippen LogP contribution in [-0.2, 0) is 0 Å². The maximum atomic E-state index is 10.1. The van der Waals surface area contributed by atoms with Gasteiger partial charge in [0.25, 0.3) is 0 Å². The number of nitrogens with two attached hydrogens (primary N) is 1. The van der Waals surface area contributed by atoms with Gasteiger partial charge in [0.2, 0.25) is 0 Å². The van der Waals surface area contributed by atoms with Crippen molar-refractivity contribution < 1.29 is 5.11 Å². The summed E-state index contributed by atoms with van der Waals surface area (Å²) in [6, 6.07) is -0.0661. The highest BCUT2D eigenvalue weighted by atomic mass is 16.3. The van der Waals surface area contributed by atoms with Gasteiger partial charge in [-0.1, -0.05) is 0 Å². The van der Waals surface area contributed by atoms with Crippen molar-refractivity contribution in [3.8, 4) is 0 Å². The van der Waals surface area contributed by atoms with Crippen LogP contribution in [0.3, 0.4) is 0 Å². The highest BCUT2D eigenvalue weighted by molar-refractivity contribution is 4.98. The predicted octanol–water partition coefficient (Wildman–Crippen LogP) is 0.815. The summed E-state index contributed by atoms with van der Waals surface area (Å²) < 4.78 is 0. The number of rotatable bonds is 1. The van der Waals surface area contributed by atoms with Crippen LogP contribution in [0, 0.1) is 11.8 Å². The van der Waals surface area contributed by atoms with E-state index in [0.29, 0.717) is 5.92 Å². The Labute approximate surface area is 92.6 Å². The third-order valence-corrected chi connectivity index (χ3v) is 3.92. The van der Waals surface area contributed by atoms with E-state index in [1.54, 1.807) is 0 Å². The molecule has 3 unspecified atom stereocenters. The lowest BCUT2D eigenvalue weighted by Crippen LogP contribution is -2.61. The smallest absolute Gasteiger partial charge is 0.0746 e. The van der Waals surface area contributed by atoms with Crippen LogP contribution in [-0.4, -0.2) is 40.8 Å². The summed E-state index contributed by atoms with van der Waals surface area (Å²) in [5, 5.41) is 10.1. The molecule has 3 N–H and O–H groups in total. The fourth-order valence-electron chi connectivity index (χ4n) is 2.62. The molecule has 0 bridgehead atoms. The van der Waals surface area contributed by atoms with Gasteiger partial charge >= 0.3 is 0 Å². The van der Waals surface area contributed by atoms with Crippen LogP contribution in [0.15, 0.2) is 0 Å². The summed E-state index contributed by atoms with van der Waals surface area (Å²) in [6.07, 6.45) is 2.29. The van der Waals surface area contributed by atoms with Gasteiger partial charge in [-0.05, 0) is 39.5 Å². The van der Waals surface area contributed by atoms with Crippen molar-refractivity contribution in [1.29, 1.82) is 0 Å². The van der Waals surface area contributed by atoms with E-state index in [0.717, 1.165) is 19.0 Å². The number of aliphatic hydroxyl groups is 1. The Hall–Kier alpha value is -0.120. The fraction of sp³-hybridized carbons (Fsp3) is 1.00. The molecule has 1 aliphatic heterocycles. The molecule has 2 aliphatic rings. The minimum Gasteiger partial charge on any atom is -0.391 e. The average Bonchev–Trinajstić information content (AvgIpc) is 2.90. The summed E-state index contributed by atoms with van der Waals surface area (Å²) in [7, 11) is 0. The second-order valence-corrected chi connectivity index (χ2v) is 6.23. The van der Waals surface area contributed by atoms with Gasteiger partial charge in [-0.2, -0.15) is 0 Å². The fourth-order valence-corrected chi connectivity index (χ4v) is 2.62. The topological polar surface area (TPSA) is 49.5 Å². The van der Waals surface area contributed by atoms with Gasteiger partial charge in [0.05, 0.1) is 6.10 Å². The predicted molar refractivity (Wildman–Crippen MR) is 61.5 cm³/mol. The van der Waals surface area contributed by atoms with Crippen molar-refractivity contribution >= 4 is 0 Å². The third kappa shape index (κ3) is 2.35. The molecule has 3 heteroatoms. The number of aliphatic hydroxyl groups excluding tert-OH is 1. The van der Waals surface area contributed by atoms with Crippen LogP contribution in [0.2, 0.25) is 0 Å². The van der Waals surface area contributed by atoms with E-state index in [-0.39, 0.29) is 17.7 Å². The van der Waals surface area contributed by atoms with Crippen molar-refractivity contribution in [2.45, 2.75) is 51.3 Å². The highest BCUT2D eigenvalue weighted by Gasteiger charge is 2.44. The second-order valence-electron chi connectivity index (χ2n) is 6.23. The summed E-state index contributed by atoms with van der Waals surface area (Å²) in [5.74, 6) is 1.14. The van der Waals surface area contributed by atoms with Crippen molar-refractivity contribution in [3.63, 3.8) is 0 Å². The van der Waals surface area contributed by atoms with Gasteiger partial charge in [-0.25, -0.2) is 0 Å². The van der Waals surface area contributed by atoms with Crippen LogP contribution in [0.1, 0.15) is 33.6 Å². The van der Waals surface area contributed by atoms with Gasteiger partial charge in [-0.15, -0.1) is 0 Å². The van der Waals surface area contributed by atoms with Gasteiger partial charge in [-0.3, -0.25) is 4.90 Å². The first-order chi connectivity index (χ1) is 6.89. The molecule has 15 heavy (non-hydrogen) atoms. The van der Waals surface area contributed by atoms with E-state index in [4.69, 9.17) is 5.73 Å². The van der Waals surface area contributed by atoms with E-state index >= 15 is 0 Å². The van der Waals surface area contributed by atoms with Crippen LogP contribution in [0.5, 0.6) is 0 Å². The zero-order valence-electron chi connectivity index (χ0n) is 10.1. The first-order valence-corrected chi connectivity index (χ1v) is 6.08. The zero-order valence-corrected chi connectivity index (χ0v) is 10.1. The number of piperidine rings is 1. The van der Waals surface area contributed by atoms with E-state index in [2.05, 4.69) is 25.7 Å². The van der Waals surface area contributed by atoms with E-state index in [1.807, 2.05) is 0 Å². The van der Waals surface area contributed by atoms with Crippen molar-refractivity contribution in [2.24, 2.45) is 17.6 Å². The van der Waals surface area contributed by atoms with Crippen LogP contribution >= 0.6 is 0 Å². The molecule has 0 amide bonds. The Balaban J connectivity index is 2.06. The molecule has 1 saturated heterocycles. The minimum atomic E-state index is -0.281. The van der Waals surface area contributed by atoms with E-state index < -0.39 is 0 Å². The first kappa shape index (κ1) is 11.4. The normalized spacial score (nSPS) is 39.4. The molecule has 2 fully saturated rings. The van der Waals surface area contributed by atoms with Crippen LogP contribution in [0.4, 0.5) is 0 Å². The molecule has 0 radical (unpaired) electrons. The number of hydrogen-bond acceptors (Lipinski definition) is 3. The van der Waals surface area contributed by atoms with Gasteiger partial charge in [0.1, 0.15) is 0 Å². The molecule has 1 heterocycles.